The van der Waals surface area contributed by atoms with Crippen molar-refractivity contribution < 1.29 is 14.3 Å². The maximum atomic E-state index is 13.1. The average Bonchev–Trinajstić information content (AvgIpc) is 3.09. The van der Waals surface area contributed by atoms with Gasteiger partial charge in [0.2, 0.25) is 0 Å². The summed E-state index contributed by atoms with van der Waals surface area (Å²) in [6, 6.07) is 14.9. The molecule has 2 aromatic carbocycles. The van der Waals surface area contributed by atoms with Crippen LogP contribution in [0, 0.1) is 0 Å². The number of ether oxygens (including phenoxy) is 1. The van der Waals surface area contributed by atoms with Gasteiger partial charge in [-0.25, -0.2) is 4.79 Å². The van der Waals surface area contributed by atoms with Crippen molar-refractivity contribution in [1.29, 1.82) is 0 Å². The van der Waals surface area contributed by atoms with Gasteiger partial charge in [-0.3, -0.25) is 9.69 Å². The third kappa shape index (κ3) is 2.01. The number of para-hydroxylation sites is 1. The maximum absolute atomic E-state index is 13.1. The smallest absolute Gasteiger partial charge is 0.325 e. The average molecular weight is 322 g/mol. The molecule has 2 aliphatic rings. The van der Waals surface area contributed by atoms with Crippen LogP contribution in [0.1, 0.15) is 23.1 Å². The predicted molar refractivity (Wildman–Crippen MR) is 88.5 cm³/mol. The summed E-state index contributed by atoms with van der Waals surface area (Å²) in [4.78, 5) is 26.9. The van der Waals surface area contributed by atoms with Crippen molar-refractivity contribution in [2.24, 2.45) is 0 Å². The number of carbonyl (C=O) groups is 2. The summed E-state index contributed by atoms with van der Waals surface area (Å²) >= 11 is 0. The summed E-state index contributed by atoms with van der Waals surface area (Å²) < 4.78 is 5.33. The molecule has 0 radical (unpaired) electrons. The first-order chi connectivity index (χ1) is 11.7. The van der Waals surface area contributed by atoms with Gasteiger partial charge in [0.1, 0.15) is 11.3 Å². The summed E-state index contributed by atoms with van der Waals surface area (Å²) in [5, 5.41) is 2.94. The van der Waals surface area contributed by atoms with E-state index < -0.39 is 5.54 Å². The minimum absolute atomic E-state index is 0.177. The molecule has 5 nitrogen and oxygen atoms in total. The lowest BCUT2D eigenvalue weighted by Crippen LogP contribution is -2.41. The normalized spacial score (nSPS) is 22.0. The second-order valence-electron chi connectivity index (χ2n) is 6.20. The number of imide groups is 1. The predicted octanol–water partition coefficient (Wildman–Crippen LogP) is 2.59. The zero-order chi connectivity index (χ0) is 16.7. The minimum Gasteiger partial charge on any atom is -0.496 e. The number of amides is 3. The van der Waals surface area contributed by atoms with Crippen LogP contribution < -0.4 is 10.1 Å². The van der Waals surface area contributed by atoms with Gasteiger partial charge in [0.05, 0.1) is 13.7 Å². The monoisotopic (exact) mass is 322 g/mol. The molecule has 3 amide bonds. The molecule has 1 N–H and O–H groups in total. The van der Waals surface area contributed by atoms with E-state index in [1.165, 1.54) is 4.90 Å². The Morgan fingerprint density at radius 1 is 1.12 bits per heavy atom. The van der Waals surface area contributed by atoms with Gasteiger partial charge in [-0.1, -0.05) is 42.5 Å². The molecule has 4 rings (SSSR count). The second-order valence-corrected chi connectivity index (χ2v) is 6.20. The Kier molecular flexibility index (Phi) is 3.30. The Bertz CT molecular complexity index is 833. The fraction of sp³-hybridized carbons (Fsp3) is 0.263. The van der Waals surface area contributed by atoms with E-state index in [2.05, 4.69) is 5.32 Å². The molecule has 1 unspecified atom stereocenters. The van der Waals surface area contributed by atoms with Gasteiger partial charge >= 0.3 is 6.03 Å². The molecule has 1 heterocycles. The number of nitrogens with one attached hydrogen (secondary N) is 1. The first-order valence-electron chi connectivity index (χ1n) is 8.00. The zero-order valence-electron chi connectivity index (χ0n) is 13.4. The van der Waals surface area contributed by atoms with Crippen molar-refractivity contribution in [3.63, 3.8) is 0 Å². The van der Waals surface area contributed by atoms with Gasteiger partial charge in [-0.2, -0.15) is 0 Å². The van der Waals surface area contributed by atoms with Crippen LogP contribution in [-0.4, -0.2) is 23.9 Å². The van der Waals surface area contributed by atoms with E-state index in [1.54, 1.807) is 7.11 Å². The lowest BCUT2D eigenvalue weighted by Gasteiger charge is -2.22. The van der Waals surface area contributed by atoms with E-state index in [4.69, 9.17) is 4.74 Å². The van der Waals surface area contributed by atoms with Crippen LogP contribution in [0.15, 0.2) is 48.5 Å². The van der Waals surface area contributed by atoms with Crippen LogP contribution in [0.2, 0.25) is 0 Å². The van der Waals surface area contributed by atoms with Crippen LogP contribution in [0.4, 0.5) is 4.79 Å². The molecular formula is C19H18N2O3. The van der Waals surface area contributed by atoms with Crippen molar-refractivity contribution in [3.05, 3.63) is 65.2 Å². The van der Waals surface area contributed by atoms with Crippen molar-refractivity contribution in [1.82, 2.24) is 10.2 Å². The first-order valence-corrected chi connectivity index (χ1v) is 8.00. The summed E-state index contributed by atoms with van der Waals surface area (Å²) in [6.45, 7) is 0.207. The SMILES string of the molecule is COc1ccccc1CN1C(=O)NC2(CCc3ccccc32)C1=O. The van der Waals surface area contributed by atoms with Crippen molar-refractivity contribution in [2.45, 2.75) is 24.9 Å². The van der Waals surface area contributed by atoms with Crippen LogP contribution in [0.3, 0.4) is 0 Å². The molecule has 1 aliphatic carbocycles. The van der Waals surface area contributed by atoms with Crippen molar-refractivity contribution in [2.75, 3.05) is 7.11 Å². The van der Waals surface area contributed by atoms with Gasteiger partial charge in [0.15, 0.2) is 0 Å². The molecule has 1 atom stereocenters. The highest BCUT2D eigenvalue weighted by molar-refractivity contribution is 6.08. The number of rotatable bonds is 3. The van der Waals surface area contributed by atoms with Crippen molar-refractivity contribution in [3.8, 4) is 5.75 Å². The number of aryl methyl sites for hydroxylation is 1. The van der Waals surface area contributed by atoms with Crippen molar-refractivity contribution >= 4 is 11.9 Å². The summed E-state index contributed by atoms with van der Waals surface area (Å²) in [5.74, 6) is 0.495. The maximum Gasteiger partial charge on any atom is 0.325 e. The number of methoxy groups -OCH3 is 1. The Labute approximate surface area is 140 Å². The number of urea groups is 1. The number of nitrogens with zero attached hydrogens (tertiary/aromatic N) is 1. The van der Waals surface area contributed by atoms with E-state index in [0.29, 0.717) is 12.2 Å². The number of carbonyl (C=O) groups excluding carboxylic acids is 2. The topological polar surface area (TPSA) is 58.6 Å². The highest BCUT2D eigenvalue weighted by atomic mass is 16.5. The third-order valence-corrected chi connectivity index (χ3v) is 4.94. The Morgan fingerprint density at radius 2 is 1.88 bits per heavy atom. The molecule has 0 aromatic heterocycles. The molecule has 2 aromatic rings. The number of hydrogen-bond donors (Lipinski definition) is 1. The fourth-order valence-electron chi connectivity index (χ4n) is 3.74. The minimum atomic E-state index is -0.907. The molecule has 0 saturated carbocycles. The van der Waals surface area contributed by atoms with Gasteiger partial charge in [0, 0.05) is 5.56 Å². The third-order valence-electron chi connectivity index (χ3n) is 4.94. The first kappa shape index (κ1) is 14.8. The molecule has 1 spiro atoms. The van der Waals surface area contributed by atoms with Crippen LogP contribution in [0.5, 0.6) is 5.75 Å². The van der Waals surface area contributed by atoms with E-state index in [1.807, 2.05) is 48.5 Å². The number of fused-ring (bicyclic) bond motifs is 2. The Balaban J connectivity index is 1.68. The molecular weight excluding hydrogens is 304 g/mol. The van der Waals surface area contributed by atoms with E-state index >= 15 is 0 Å². The molecule has 1 fully saturated rings. The number of benzene rings is 2. The molecule has 1 saturated heterocycles. The number of hydrogen-bond acceptors (Lipinski definition) is 3. The highest BCUT2D eigenvalue weighted by Gasteiger charge is 2.55. The second kappa shape index (κ2) is 5.37. The summed E-state index contributed by atoms with van der Waals surface area (Å²) in [7, 11) is 1.58. The van der Waals surface area contributed by atoms with E-state index in [-0.39, 0.29) is 18.5 Å². The van der Waals surface area contributed by atoms with E-state index in [0.717, 1.165) is 23.1 Å². The fourth-order valence-corrected chi connectivity index (χ4v) is 3.74. The van der Waals surface area contributed by atoms with E-state index in [9.17, 15) is 9.59 Å². The standard InChI is InChI=1S/C19H18N2O3/c1-24-16-9-5-3-7-14(16)12-21-17(22)19(20-18(21)23)11-10-13-6-2-4-8-15(13)19/h2-9H,10-12H2,1H3,(H,20,23). The van der Waals surface area contributed by atoms with Gasteiger partial charge < -0.3 is 10.1 Å². The van der Waals surface area contributed by atoms with Gasteiger partial charge in [-0.05, 0) is 30.0 Å². The summed E-state index contributed by atoms with van der Waals surface area (Å²) in [5.41, 5.74) is 1.96. The van der Waals surface area contributed by atoms with Gasteiger partial charge in [-0.15, -0.1) is 0 Å². The highest BCUT2D eigenvalue weighted by Crippen LogP contribution is 2.41. The summed E-state index contributed by atoms with van der Waals surface area (Å²) in [6.07, 6.45) is 1.41. The van der Waals surface area contributed by atoms with Crippen LogP contribution in [-0.2, 0) is 23.3 Å². The Hall–Kier alpha value is -2.82. The lowest BCUT2D eigenvalue weighted by molar-refractivity contribution is -0.132. The Morgan fingerprint density at radius 3 is 2.71 bits per heavy atom. The lowest BCUT2D eigenvalue weighted by atomic mass is 9.92. The largest absolute Gasteiger partial charge is 0.496 e. The molecule has 24 heavy (non-hydrogen) atoms. The van der Waals surface area contributed by atoms with Crippen LogP contribution >= 0.6 is 0 Å². The zero-order valence-corrected chi connectivity index (χ0v) is 13.4. The molecule has 122 valence electrons. The molecule has 5 heteroatoms. The molecule has 0 bridgehead atoms. The van der Waals surface area contributed by atoms with Gasteiger partial charge in [0.25, 0.3) is 5.91 Å². The quantitative estimate of drug-likeness (QED) is 0.884. The molecule has 1 aliphatic heterocycles. The van der Waals surface area contributed by atoms with Crippen LogP contribution in [0.25, 0.3) is 0 Å².